The molecule has 3 aromatic rings. The summed E-state index contributed by atoms with van der Waals surface area (Å²) in [5, 5.41) is 29.9. The molecule has 6 N–H and O–H groups in total. The number of aryl methyl sites for hydroxylation is 1. The number of amides is 3. The molecule has 336 valence electrons. The lowest BCUT2D eigenvalue weighted by Gasteiger charge is -2.39. The van der Waals surface area contributed by atoms with Crippen molar-refractivity contribution < 1.29 is 28.0 Å². The highest BCUT2D eigenvalue weighted by molar-refractivity contribution is 6.11. The topological polar surface area (TPSA) is 187 Å². The van der Waals surface area contributed by atoms with Gasteiger partial charge in [0.2, 0.25) is 17.7 Å². The maximum atomic E-state index is 14.5. The predicted molar refractivity (Wildman–Crippen MR) is 241 cm³/mol. The Morgan fingerprint density at radius 2 is 1.83 bits per heavy atom. The van der Waals surface area contributed by atoms with E-state index in [0.29, 0.717) is 73.3 Å². The van der Waals surface area contributed by atoms with Crippen molar-refractivity contribution in [2.24, 2.45) is 11.8 Å². The average molecular weight is 875 g/mol. The van der Waals surface area contributed by atoms with Crippen molar-refractivity contribution in [1.82, 2.24) is 30.7 Å². The highest BCUT2D eigenvalue weighted by Crippen LogP contribution is 2.40. The fourth-order valence-electron chi connectivity index (χ4n) is 9.95. The second-order valence-corrected chi connectivity index (χ2v) is 17.4. The fourth-order valence-corrected chi connectivity index (χ4v) is 9.95. The van der Waals surface area contributed by atoms with Crippen LogP contribution in [-0.4, -0.2) is 96.2 Å². The Balaban J connectivity index is 0.885. The van der Waals surface area contributed by atoms with Crippen LogP contribution in [0.4, 0.5) is 20.2 Å². The number of ketones is 1. The summed E-state index contributed by atoms with van der Waals surface area (Å²) in [5.74, 6) is -1.54. The van der Waals surface area contributed by atoms with Crippen LogP contribution < -0.4 is 26.2 Å². The number of likely N-dealkylation sites (tertiary alicyclic amines) is 1. The Labute approximate surface area is 371 Å². The molecule has 5 heterocycles. The van der Waals surface area contributed by atoms with Crippen LogP contribution in [0, 0.1) is 22.7 Å². The number of pyridine rings is 1. The van der Waals surface area contributed by atoms with Gasteiger partial charge >= 0.3 is 0 Å². The summed E-state index contributed by atoms with van der Waals surface area (Å²) in [6, 6.07) is 13.1. The van der Waals surface area contributed by atoms with Crippen LogP contribution in [0.25, 0.3) is 5.57 Å². The number of carbonyl (C=O) groups is 4. The van der Waals surface area contributed by atoms with E-state index in [2.05, 4.69) is 32.2 Å². The lowest BCUT2D eigenvalue weighted by atomic mass is 9.83. The van der Waals surface area contributed by atoms with E-state index in [9.17, 15) is 33.4 Å². The molecule has 2 fully saturated rings. The third-order valence-electron chi connectivity index (χ3n) is 13.4. The molecule has 2 saturated heterocycles. The van der Waals surface area contributed by atoms with E-state index in [1.807, 2.05) is 35.4 Å². The third kappa shape index (κ3) is 9.33. The van der Waals surface area contributed by atoms with Gasteiger partial charge in [-0.1, -0.05) is 18.2 Å². The van der Waals surface area contributed by atoms with Crippen LogP contribution in [-0.2, 0) is 40.3 Å². The number of alkyl halides is 2. The Bertz CT molecular complexity index is 2410. The van der Waals surface area contributed by atoms with Gasteiger partial charge in [0.1, 0.15) is 5.84 Å². The number of rotatable bonds is 13. The summed E-state index contributed by atoms with van der Waals surface area (Å²) in [6.45, 7) is 5.75. The normalized spacial score (nSPS) is 20.8. The molecule has 64 heavy (non-hydrogen) atoms. The minimum atomic E-state index is -2.77. The number of benzene rings is 2. The summed E-state index contributed by atoms with van der Waals surface area (Å²) in [5.41, 5.74) is 7.84. The number of nitrogens with one attached hydrogen (secondary N) is 6. The molecule has 0 bridgehead atoms. The zero-order chi connectivity index (χ0) is 45.1. The first-order valence-electron chi connectivity index (χ1n) is 22.3. The van der Waals surface area contributed by atoms with Gasteiger partial charge in [-0.2, -0.15) is 0 Å². The summed E-state index contributed by atoms with van der Waals surface area (Å²) in [7, 11) is 1.66. The second kappa shape index (κ2) is 19.2. The van der Waals surface area contributed by atoms with Crippen molar-refractivity contribution in [3.63, 3.8) is 0 Å². The van der Waals surface area contributed by atoms with E-state index in [1.54, 1.807) is 18.0 Å². The van der Waals surface area contributed by atoms with Gasteiger partial charge in [0.05, 0.1) is 18.8 Å². The monoisotopic (exact) mass is 874 g/mol. The Hall–Kier alpha value is -6.29. The van der Waals surface area contributed by atoms with E-state index < -0.39 is 18.3 Å². The number of Topliss-reactive ketones (excluding diaryl/α,β-unsaturated/α-hetero) is 1. The molecular weight excluding hydrogens is 819 g/mol. The number of nitrogens with zero attached hydrogens (tertiary/aromatic N) is 4. The smallest absolute Gasteiger partial charge is 0.264 e. The van der Waals surface area contributed by atoms with E-state index in [4.69, 9.17) is 10.4 Å². The molecule has 0 radical (unpaired) electrons. The van der Waals surface area contributed by atoms with E-state index in [1.165, 1.54) is 19.2 Å². The number of carbonyl (C=O) groups excluding carboxylic acids is 4. The predicted octanol–water partition coefficient (Wildman–Crippen LogP) is 5.74. The van der Waals surface area contributed by atoms with Gasteiger partial charge in [0, 0.05) is 135 Å². The summed E-state index contributed by atoms with van der Waals surface area (Å²) in [6.07, 6.45) is 6.54. The third-order valence-corrected chi connectivity index (χ3v) is 13.4. The first-order chi connectivity index (χ1) is 30.9. The minimum absolute atomic E-state index is 0.0468. The lowest BCUT2D eigenvalue weighted by molar-refractivity contribution is -0.137. The molecule has 4 aliphatic heterocycles. The number of halogens is 2. The Morgan fingerprint density at radius 1 is 1.02 bits per heavy atom. The molecule has 3 amide bonds. The van der Waals surface area contributed by atoms with Crippen molar-refractivity contribution in [3.05, 3.63) is 105 Å². The van der Waals surface area contributed by atoms with Gasteiger partial charge in [-0.25, -0.2) is 8.78 Å². The van der Waals surface area contributed by atoms with Crippen molar-refractivity contribution in [2.45, 2.75) is 83.8 Å². The van der Waals surface area contributed by atoms with Crippen LogP contribution in [0.5, 0.6) is 0 Å². The molecule has 16 heteroatoms. The number of piperidine rings is 2. The summed E-state index contributed by atoms with van der Waals surface area (Å²) >= 11 is 0. The van der Waals surface area contributed by atoms with E-state index >= 15 is 0 Å². The van der Waals surface area contributed by atoms with Gasteiger partial charge in [-0.05, 0) is 85.0 Å². The lowest BCUT2D eigenvalue weighted by Crippen LogP contribution is -2.47. The van der Waals surface area contributed by atoms with Gasteiger partial charge in [-0.15, -0.1) is 0 Å². The molecule has 2 atom stereocenters. The molecule has 5 aliphatic rings. The molecule has 1 aromatic heterocycles. The molecule has 14 nitrogen and oxygen atoms in total. The van der Waals surface area contributed by atoms with Crippen molar-refractivity contribution in [1.29, 1.82) is 10.8 Å². The number of hydrogen-bond donors (Lipinski definition) is 6. The van der Waals surface area contributed by atoms with Crippen LogP contribution >= 0.6 is 0 Å². The maximum absolute atomic E-state index is 14.5. The quantitative estimate of drug-likeness (QED) is 0.0703. The largest absolute Gasteiger partial charge is 0.393 e. The molecule has 1 unspecified atom stereocenters. The number of fused-ring (bicyclic) bond motifs is 2. The highest BCUT2D eigenvalue weighted by Gasteiger charge is 2.42. The van der Waals surface area contributed by atoms with Gasteiger partial charge in [0.15, 0.2) is 5.78 Å². The van der Waals surface area contributed by atoms with Crippen LogP contribution in [0.15, 0.2) is 66.1 Å². The van der Waals surface area contributed by atoms with E-state index in [-0.39, 0.29) is 53.9 Å². The van der Waals surface area contributed by atoms with Crippen molar-refractivity contribution >= 4 is 52.5 Å². The standard InChI is InChI=1S/C48H56F2N10O4/c1-28(61)59-18-14-42(40(27-59)47(52)60-15-4-5-30-19-36(31(22-51)24-53-2)39(46(49)50)21-43(30)60)56-32-12-16-58(17-13-32)26-29-8-9-33(54-23-29)25-55-41-7-3-6-34-37(41)20-38(45(34)63)35-10-11-44(62)57-48(35)64/h3,6-9,19,21-24,32,35,38,46,51-53,55-56H,4-5,10-18,20,25-27H2,1-2H3,(H,57,62,64)/b31-24+,51-22?,52-47?/t35?,38-/m0/s1. The summed E-state index contributed by atoms with van der Waals surface area (Å²) in [4.78, 5) is 60.9. The number of aromatic nitrogens is 1. The second-order valence-electron chi connectivity index (χ2n) is 17.4. The maximum Gasteiger partial charge on any atom is 0.264 e. The van der Waals surface area contributed by atoms with Gasteiger partial charge in [-0.3, -0.25) is 39.8 Å². The summed E-state index contributed by atoms with van der Waals surface area (Å²) < 4.78 is 29.1. The van der Waals surface area contributed by atoms with Crippen LogP contribution in [0.3, 0.4) is 0 Å². The SMILES string of the molecule is CN/C=C(\C=N)c1cc2c(cc1C(F)F)N(C(=N)C1=C(NC3CCN(Cc4ccc(CNc5cccc6c5C[C@@H](C5CCC(=O)NC5=O)C6=O)nc4)CC3)CCN(C(C)=O)C1)CCC2. The molecule has 8 rings (SSSR count). The average Bonchev–Trinajstić information content (AvgIpc) is 3.63. The zero-order valence-corrected chi connectivity index (χ0v) is 36.4. The Morgan fingerprint density at radius 3 is 2.53 bits per heavy atom. The van der Waals surface area contributed by atoms with Gasteiger partial charge in [0.25, 0.3) is 6.43 Å². The van der Waals surface area contributed by atoms with Crippen LogP contribution in [0.1, 0.15) is 95.7 Å². The molecule has 2 aromatic carbocycles. The first kappa shape index (κ1) is 44.3. The number of imide groups is 1. The number of allylic oxidation sites excluding steroid dienone is 1. The highest BCUT2D eigenvalue weighted by atomic mass is 19.3. The first-order valence-corrected chi connectivity index (χ1v) is 22.3. The van der Waals surface area contributed by atoms with Crippen molar-refractivity contribution in [3.8, 4) is 0 Å². The minimum Gasteiger partial charge on any atom is -0.393 e. The van der Waals surface area contributed by atoms with Crippen molar-refractivity contribution in [2.75, 3.05) is 50.0 Å². The van der Waals surface area contributed by atoms with Gasteiger partial charge < -0.3 is 31.2 Å². The number of hydrogen-bond acceptors (Lipinski definition) is 11. The molecule has 0 saturated carbocycles. The Kier molecular flexibility index (Phi) is 13.3. The van der Waals surface area contributed by atoms with Crippen LogP contribution in [0.2, 0.25) is 0 Å². The zero-order valence-electron chi connectivity index (χ0n) is 36.4. The number of amidine groups is 1. The van der Waals surface area contributed by atoms with E-state index in [0.717, 1.165) is 78.9 Å². The molecule has 1 aliphatic carbocycles. The number of anilines is 2. The molecule has 0 spiro atoms. The molecular formula is C48H56F2N10O4. The fraction of sp³-hybridized carbons (Fsp3) is 0.438.